The third-order valence-corrected chi connectivity index (χ3v) is 2.91. The zero-order valence-electron chi connectivity index (χ0n) is 10.6. The minimum absolute atomic E-state index is 0.0135. The van der Waals surface area contributed by atoms with E-state index in [0.717, 1.165) is 5.56 Å². The Hall–Kier alpha value is -2.44. The van der Waals surface area contributed by atoms with Gasteiger partial charge >= 0.3 is 11.7 Å². The van der Waals surface area contributed by atoms with Crippen LogP contribution in [0.15, 0.2) is 21.6 Å². The molecule has 2 heterocycles. The van der Waals surface area contributed by atoms with E-state index in [1.807, 2.05) is 0 Å². The van der Waals surface area contributed by atoms with E-state index in [-0.39, 0.29) is 6.42 Å². The number of aliphatic carboxylic acids is 1. The van der Waals surface area contributed by atoms with Crippen LogP contribution in [0.25, 0.3) is 5.82 Å². The van der Waals surface area contributed by atoms with Gasteiger partial charge < -0.3 is 9.63 Å². The van der Waals surface area contributed by atoms with Crippen LogP contribution in [-0.4, -0.2) is 25.8 Å². The molecule has 1 N–H and O–H groups in total. The highest BCUT2D eigenvalue weighted by Crippen LogP contribution is 2.14. The Balaban J connectivity index is 2.54. The van der Waals surface area contributed by atoms with Crippen molar-refractivity contribution in [3.05, 3.63) is 39.8 Å². The van der Waals surface area contributed by atoms with E-state index in [9.17, 15) is 9.59 Å². The number of aromatic nitrogens is 3. The molecule has 0 aliphatic heterocycles. The second-order valence-electron chi connectivity index (χ2n) is 4.13. The van der Waals surface area contributed by atoms with Crippen LogP contribution in [0, 0.1) is 13.8 Å². The molecule has 0 saturated heterocycles. The molecule has 0 saturated carbocycles. The van der Waals surface area contributed by atoms with E-state index in [2.05, 4.69) is 10.1 Å². The highest BCUT2D eigenvalue weighted by atomic mass is 16.5. The Morgan fingerprint density at radius 1 is 1.47 bits per heavy atom. The maximum atomic E-state index is 11.9. The van der Waals surface area contributed by atoms with Crippen LogP contribution in [0.1, 0.15) is 23.4 Å². The first kappa shape index (κ1) is 13.0. The summed E-state index contributed by atoms with van der Waals surface area (Å²) in [5, 5.41) is 12.5. The number of nitrogens with zero attached hydrogens (tertiary/aromatic N) is 3. The molecule has 2 aromatic heterocycles. The maximum Gasteiger partial charge on any atom is 0.353 e. The van der Waals surface area contributed by atoms with Crippen LogP contribution in [0.3, 0.4) is 0 Å². The largest absolute Gasteiger partial charge is 0.481 e. The predicted molar refractivity (Wildman–Crippen MR) is 65.3 cm³/mol. The van der Waals surface area contributed by atoms with Gasteiger partial charge in [-0.15, -0.1) is 0 Å². The van der Waals surface area contributed by atoms with Crippen molar-refractivity contribution in [1.29, 1.82) is 0 Å². The molecule has 0 bridgehead atoms. The van der Waals surface area contributed by atoms with Crippen molar-refractivity contribution in [1.82, 2.24) is 14.7 Å². The Kier molecular flexibility index (Phi) is 3.46. The van der Waals surface area contributed by atoms with Gasteiger partial charge in [0.2, 0.25) is 0 Å². The Morgan fingerprint density at radius 3 is 2.79 bits per heavy atom. The molecule has 100 valence electrons. The molecule has 0 aromatic carbocycles. The summed E-state index contributed by atoms with van der Waals surface area (Å²) in [4.78, 5) is 26.5. The molecule has 7 heteroatoms. The zero-order valence-corrected chi connectivity index (χ0v) is 10.6. The summed E-state index contributed by atoms with van der Waals surface area (Å²) in [5.41, 5.74) is 1.46. The lowest BCUT2D eigenvalue weighted by molar-refractivity contribution is -0.136. The first-order valence-electron chi connectivity index (χ1n) is 5.72. The number of hydrogen-bond donors (Lipinski definition) is 1. The molecule has 0 spiro atoms. The van der Waals surface area contributed by atoms with Crippen molar-refractivity contribution in [2.45, 2.75) is 26.7 Å². The van der Waals surface area contributed by atoms with Crippen LogP contribution in [-0.2, 0) is 11.2 Å². The second kappa shape index (κ2) is 5.05. The lowest BCUT2D eigenvalue weighted by Crippen LogP contribution is -2.26. The third-order valence-electron chi connectivity index (χ3n) is 2.91. The van der Waals surface area contributed by atoms with Gasteiger partial charge in [0.25, 0.3) is 0 Å². The average Bonchev–Trinajstić information content (AvgIpc) is 2.81. The number of hydrogen-bond acceptors (Lipinski definition) is 5. The van der Waals surface area contributed by atoms with Crippen LogP contribution < -0.4 is 5.69 Å². The lowest BCUT2D eigenvalue weighted by atomic mass is 10.1. The predicted octanol–water partition coefficient (Wildman–Crippen LogP) is 0.855. The van der Waals surface area contributed by atoms with E-state index in [4.69, 9.17) is 9.63 Å². The Labute approximate surface area is 108 Å². The van der Waals surface area contributed by atoms with Gasteiger partial charge in [-0.05, 0) is 25.8 Å². The first-order chi connectivity index (χ1) is 9.00. The number of carbonyl (C=O) groups is 1. The van der Waals surface area contributed by atoms with Crippen LogP contribution in [0.4, 0.5) is 0 Å². The molecular formula is C12H13N3O4. The van der Waals surface area contributed by atoms with E-state index in [0.29, 0.717) is 23.6 Å². The summed E-state index contributed by atoms with van der Waals surface area (Å²) in [5.74, 6) is -0.551. The zero-order chi connectivity index (χ0) is 14.0. The maximum absolute atomic E-state index is 11.9. The van der Waals surface area contributed by atoms with Crippen LogP contribution in [0.2, 0.25) is 0 Å². The smallest absolute Gasteiger partial charge is 0.353 e. The first-order valence-corrected chi connectivity index (χ1v) is 5.72. The van der Waals surface area contributed by atoms with Gasteiger partial charge in [0.05, 0.1) is 0 Å². The van der Waals surface area contributed by atoms with Crippen molar-refractivity contribution in [2.75, 3.05) is 0 Å². The summed E-state index contributed by atoms with van der Waals surface area (Å²) in [7, 11) is 0. The molecule has 0 radical (unpaired) electrons. The van der Waals surface area contributed by atoms with Crippen molar-refractivity contribution < 1.29 is 14.4 Å². The molecule has 0 aliphatic rings. The van der Waals surface area contributed by atoms with Gasteiger partial charge in [0.1, 0.15) is 6.26 Å². The molecule has 0 fully saturated rings. The molecule has 7 nitrogen and oxygen atoms in total. The third kappa shape index (κ3) is 2.54. The van der Waals surface area contributed by atoms with E-state index in [1.54, 1.807) is 19.9 Å². The summed E-state index contributed by atoms with van der Waals surface area (Å²) in [6, 6.07) is 1.55. The van der Waals surface area contributed by atoms with Crippen LogP contribution in [0.5, 0.6) is 0 Å². The van der Waals surface area contributed by atoms with Gasteiger partial charge in [-0.25, -0.2) is 9.36 Å². The molecule has 0 amide bonds. The lowest BCUT2D eigenvalue weighted by Gasteiger charge is -2.12. The van der Waals surface area contributed by atoms with E-state index in [1.165, 1.54) is 10.8 Å². The van der Waals surface area contributed by atoms with Gasteiger partial charge in [-0.1, -0.05) is 5.16 Å². The second-order valence-corrected chi connectivity index (χ2v) is 4.13. The molecule has 0 aliphatic carbocycles. The summed E-state index contributed by atoms with van der Waals surface area (Å²) >= 11 is 0. The molecule has 0 atom stereocenters. The minimum atomic E-state index is -0.891. The molecular weight excluding hydrogens is 250 g/mol. The molecule has 0 unspecified atom stereocenters. The van der Waals surface area contributed by atoms with Crippen LogP contribution >= 0.6 is 0 Å². The van der Waals surface area contributed by atoms with Gasteiger partial charge in [-0.2, -0.15) is 4.98 Å². The SMILES string of the molecule is Cc1nc(=O)n(-c2ccon2)c(C)c1CCC(=O)O. The summed E-state index contributed by atoms with van der Waals surface area (Å²) in [6.45, 7) is 3.43. The number of carboxylic acids is 1. The normalized spacial score (nSPS) is 10.6. The number of aryl methyl sites for hydroxylation is 1. The monoisotopic (exact) mass is 263 g/mol. The highest BCUT2D eigenvalue weighted by Gasteiger charge is 2.15. The summed E-state index contributed by atoms with van der Waals surface area (Å²) in [6.07, 6.45) is 1.66. The topological polar surface area (TPSA) is 98.2 Å². The van der Waals surface area contributed by atoms with Gasteiger partial charge in [-0.3, -0.25) is 4.79 Å². The quantitative estimate of drug-likeness (QED) is 0.878. The Bertz CT molecular complexity index is 658. The van der Waals surface area contributed by atoms with Crippen molar-refractivity contribution >= 4 is 5.97 Å². The fourth-order valence-corrected chi connectivity index (χ4v) is 1.99. The molecule has 2 aromatic rings. The Morgan fingerprint density at radius 2 is 2.21 bits per heavy atom. The van der Waals surface area contributed by atoms with E-state index < -0.39 is 11.7 Å². The summed E-state index contributed by atoms with van der Waals surface area (Å²) < 4.78 is 6.03. The van der Waals surface area contributed by atoms with Crippen molar-refractivity contribution in [2.24, 2.45) is 0 Å². The van der Waals surface area contributed by atoms with E-state index >= 15 is 0 Å². The molecule has 19 heavy (non-hydrogen) atoms. The minimum Gasteiger partial charge on any atom is -0.481 e. The fraction of sp³-hybridized carbons (Fsp3) is 0.333. The van der Waals surface area contributed by atoms with Gasteiger partial charge in [0.15, 0.2) is 5.82 Å². The molecule has 2 rings (SSSR count). The number of carboxylic acid groups (broad SMARTS) is 1. The highest BCUT2D eigenvalue weighted by molar-refractivity contribution is 5.67. The van der Waals surface area contributed by atoms with Gasteiger partial charge in [0, 0.05) is 23.9 Å². The standard InChI is InChI=1S/C12H13N3O4/c1-7-9(3-4-11(16)17)8(2)15(12(18)13-7)10-5-6-19-14-10/h5-6H,3-4H2,1-2H3,(H,16,17). The average molecular weight is 263 g/mol. The van der Waals surface area contributed by atoms with Crippen molar-refractivity contribution in [3.8, 4) is 5.82 Å². The number of rotatable bonds is 4. The fourth-order valence-electron chi connectivity index (χ4n) is 1.99. The van der Waals surface area contributed by atoms with Crippen molar-refractivity contribution in [3.63, 3.8) is 0 Å².